The summed E-state index contributed by atoms with van der Waals surface area (Å²) in [7, 11) is 0. The number of aromatic amines is 1. The molecule has 7 nitrogen and oxygen atoms in total. The minimum atomic E-state index is -4.38. The first-order chi connectivity index (χ1) is 16.1. The number of pyridine rings is 2. The molecule has 0 bridgehead atoms. The fourth-order valence-corrected chi connectivity index (χ4v) is 3.87. The van der Waals surface area contributed by atoms with Crippen molar-refractivity contribution >= 4 is 16.9 Å². The molecule has 1 aliphatic rings. The van der Waals surface area contributed by atoms with Crippen LogP contribution in [0, 0.1) is 0 Å². The lowest BCUT2D eigenvalue weighted by Crippen LogP contribution is -2.31. The van der Waals surface area contributed by atoms with Crippen LogP contribution in [0.15, 0.2) is 48.9 Å². The minimum absolute atomic E-state index is 0.0308. The molecule has 4 aromatic heterocycles. The highest BCUT2D eigenvalue weighted by atomic mass is 19.4. The fourth-order valence-electron chi connectivity index (χ4n) is 3.87. The van der Waals surface area contributed by atoms with Crippen LogP contribution in [0.3, 0.4) is 0 Å². The summed E-state index contributed by atoms with van der Waals surface area (Å²) in [6.07, 6.45) is -0.591. The van der Waals surface area contributed by atoms with Crippen LogP contribution in [-0.2, 0) is 6.54 Å². The molecule has 0 aliphatic carbocycles. The average Bonchev–Trinajstić information content (AvgIpc) is 3.49. The van der Waals surface area contributed by atoms with Crippen molar-refractivity contribution in [1.82, 2.24) is 29.6 Å². The molecule has 0 spiro atoms. The highest BCUT2D eigenvalue weighted by Crippen LogP contribution is 2.29. The summed E-state index contributed by atoms with van der Waals surface area (Å²) < 4.78 is 65.5. The Kier molecular flexibility index (Phi) is 5.10. The number of H-pyrrole nitrogens is 1. The van der Waals surface area contributed by atoms with Crippen molar-refractivity contribution in [1.29, 1.82) is 0 Å². The number of nitrogens with one attached hydrogen (secondary N) is 1. The summed E-state index contributed by atoms with van der Waals surface area (Å²) in [5.41, 5.74) is 2.60. The predicted octanol–water partition coefficient (Wildman–Crippen LogP) is 4.53. The molecule has 12 heteroatoms. The van der Waals surface area contributed by atoms with Gasteiger partial charge in [0.15, 0.2) is 0 Å². The third-order valence-corrected chi connectivity index (χ3v) is 5.48. The van der Waals surface area contributed by atoms with Crippen molar-refractivity contribution in [3.63, 3.8) is 0 Å². The topological polar surface area (TPSA) is 79.7 Å². The van der Waals surface area contributed by atoms with Gasteiger partial charge in [-0.1, -0.05) is 6.07 Å². The Morgan fingerprint density at radius 1 is 1.15 bits per heavy atom. The molecule has 5 rings (SSSR count). The molecule has 0 saturated carbocycles. The van der Waals surface area contributed by atoms with E-state index >= 15 is 0 Å². The van der Waals surface area contributed by atoms with E-state index in [1.54, 1.807) is 24.3 Å². The SMILES string of the molecule is O=C(c1cccc(-c2cnc3[nH]c(-c4cnn(CC(F)(F)F)c4)cc3c2)n1)N1CCC(F)(F)C1. The van der Waals surface area contributed by atoms with Crippen LogP contribution in [0.5, 0.6) is 0 Å². The molecule has 176 valence electrons. The number of hydrogen-bond acceptors (Lipinski definition) is 4. The van der Waals surface area contributed by atoms with Gasteiger partial charge >= 0.3 is 6.18 Å². The molecule has 34 heavy (non-hydrogen) atoms. The molecular weight excluding hydrogens is 459 g/mol. The fraction of sp³-hybridized carbons (Fsp3) is 0.273. The Balaban J connectivity index is 1.40. The molecule has 1 amide bonds. The van der Waals surface area contributed by atoms with Crippen molar-refractivity contribution in [2.75, 3.05) is 13.1 Å². The van der Waals surface area contributed by atoms with E-state index in [4.69, 9.17) is 0 Å². The van der Waals surface area contributed by atoms with Crippen LogP contribution >= 0.6 is 0 Å². The van der Waals surface area contributed by atoms with Crippen LogP contribution in [0.1, 0.15) is 16.9 Å². The normalized spacial score (nSPS) is 15.9. The van der Waals surface area contributed by atoms with Gasteiger partial charge in [0.2, 0.25) is 0 Å². The maximum Gasteiger partial charge on any atom is 0.408 e. The lowest BCUT2D eigenvalue weighted by atomic mass is 10.1. The number of aromatic nitrogens is 5. The number of rotatable bonds is 4. The van der Waals surface area contributed by atoms with Gasteiger partial charge < -0.3 is 9.88 Å². The Morgan fingerprint density at radius 2 is 1.97 bits per heavy atom. The highest BCUT2D eigenvalue weighted by Gasteiger charge is 2.40. The molecule has 1 saturated heterocycles. The third-order valence-electron chi connectivity index (χ3n) is 5.48. The standard InChI is InChI=1S/C22H17F5N6O/c23-21(24)4-5-32(11-21)20(34)17-3-1-2-16(30-17)14-6-13-7-18(31-19(13)28-8-14)15-9-29-33(10-15)12-22(25,26)27/h1-3,6-10H,4-5,11-12H2,(H,28,31). The number of hydrogen-bond donors (Lipinski definition) is 1. The van der Waals surface area contributed by atoms with Crippen LogP contribution in [0.2, 0.25) is 0 Å². The van der Waals surface area contributed by atoms with Gasteiger partial charge in [-0.25, -0.2) is 18.7 Å². The van der Waals surface area contributed by atoms with E-state index in [1.807, 2.05) is 0 Å². The molecule has 1 aliphatic heterocycles. The van der Waals surface area contributed by atoms with Crippen molar-refractivity contribution < 1.29 is 26.7 Å². The Bertz CT molecular complexity index is 1380. The summed E-state index contributed by atoms with van der Waals surface area (Å²) in [4.78, 5) is 25.4. The zero-order valence-electron chi connectivity index (χ0n) is 17.5. The number of fused-ring (bicyclic) bond motifs is 1. The van der Waals surface area contributed by atoms with Crippen molar-refractivity contribution in [2.24, 2.45) is 0 Å². The number of carbonyl (C=O) groups excluding carboxylic acids is 1. The van der Waals surface area contributed by atoms with Gasteiger partial charge in [-0.05, 0) is 24.3 Å². The van der Waals surface area contributed by atoms with Crippen LogP contribution in [0.4, 0.5) is 22.0 Å². The number of halogens is 5. The lowest BCUT2D eigenvalue weighted by molar-refractivity contribution is -0.142. The first-order valence-electron chi connectivity index (χ1n) is 10.3. The van der Waals surface area contributed by atoms with E-state index in [0.717, 1.165) is 9.58 Å². The van der Waals surface area contributed by atoms with Gasteiger partial charge in [-0.3, -0.25) is 9.48 Å². The van der Waals surface area contributed by atoms with Gasteiger partial charge in [0.05, 0.1) is 24.1 Å². The quantitative estimate of drug-likeness (QED) is 0.439. The van der Waals surface area contributed by atoms with Crippen molar-refractivity contribution in [3.05, 3.63) is 54.6 Å². The van der Waals surface area contributed by atoms with E-state index < -0.39 is 31.1 Å². The monoisotopic (exact) mass is 476 g/mol. The van der Waals surface area contributed by atoms with Gasteiger partial charge in [0.1, 0.15) is 17.9 Å². The molecule has 0 atom stereocenters. The zero-order valence-corrected chi connectivity index (χ0v) is 17.5. The van der Waals surface area contributed by atoms with Gasteiger partial charge in [-0.15, -0.1) is 0 Å². The molecule has 5 heterocycles. The number of nitrogens with zero attached hydrogens (tertiary/aromatic N) is 5. The third kappa shape index (κ3) is 4.47. The average molecular weight is 476 g/mol. The Labute approximate surface area is 189 Å². The first kappa shape index (κ1) is 22.0. The number of amides is 1. The van der Waals surface area contributed by atoms with E-state index in [-0.39, 0.29) is 18.7 Å². The zero-order chi connectivity index (χ0) is 24.1. The Morgan fingerprint density at radius 3 is 2.71 bits per heavy atom. The first-order valence-corrected chi connectivity index (χ1v) is 10.3. The summed E-state index contributed by atoms with van der Waals surface area (Å²) in [5.74, 6) is -3.45. The van der Waals surface area contributed by atoms with Crippen LogP contribution < -0.4 is 0 Å². The largest absolute Gasteiger partial charge is 0.408 e. The smallest absolute Gasteiger partial charge is 0.339 e. The Hall–Kier alpha value is -3.83. The summed E-state index contributed by atoms with van der Waals surface area (Å²) in [6, 6.07) is 8.25. The minimum Gasteiger partial charge on any atom is -0.339 e. The second kappa shape index (κ2) is 7.89. The summed E-state index contributed by atoms with van der Waals surface area (Å²) in [6.45, 7) is -1.85. The van der Waals surface area contributed by atoms with Crippen molar-refractivity contribution in [3.8, 4) is 22.5 Å². The van der Waals surface area contributed by atoms with E-state index in [9.17, 15) is 26.7 Å². The molecule has 0 radical (unpaired) electrons. The van der Waals surface area contributed by atoms with Gasteiger partial charge in [0.25, 0.3) is 11.8 Å². The lowest BCUT2D eigenvalue weighted by Gasteiger charge is -2.15. The number of likely N-dealkylation sites (tertiary alicyclic amines) is 1. The van der Waals surface area contributed by atoms with E-state index in [1.165, 1.54) is 24.7 Å². The summed E-state index contributed by atoms with van der Waals surface area (Å²) in [5, 5.41) is 4.42. The number of carbonyl (C=O) groups is 1. The number of alkyl halides is 5. The maximum atomic E-state index is 13.5. The van der Waals surface area contributed by atoms with Gasteiger partial charge in [-0.2, -0.15) is 18.3 Å². The second-order valence-electron chi connectivity index (χ2n) is 8.13. The molecule has 4 aromatic rings. The van der Waals surface area contributed by atoms with Crippen LogP contribution in [0.25, 0.3) is 33.5 Å². The van der Waals surface area contributed by atoms with Gasteiger partial charge in [0, 0.05) is 41.9 Å². The molecule has 1 N–H and O–H groups in total. The second-order valence-corrected chi connectivity index (χ2v) is 8.13. The van der Waals surface area contributed by atoms with Crippen molar-refractivity contribution in [2.45, 2.75) is 25.1 Å². The van der Waals surface area contributed by atoms with Crippen LogP contribution in [-0.4, -0.2) is 60.7 Å². The maximum absolute atomic E-state index is 13.5. The van der Waals surface area contributed by atoms with E-state index in [0.29, 0.717) is 33.5 Å². The predicted molar refractivity (Wildman–Crippen MR) is 112 cm³/mol. The molecule has 0 aromatic carbocycles. The molecule has 0 unspecified atom stereocenters. The van der Waals surface area contributed by atoms with E-state index in [2.05, 4.69) is 20.1 Å². The highest BCUT2D eigenvalue weighted by molar-refractivity contribution is 5.93. The molecular formula is C22H17F5N6O. The summed E-state index contributed by atoms with van der Waals surface area (Å²) >= 11 is 0. The molecule has 1 fully saturated rings.